The number of pyridine rings is 4. The van der Waals surface area contributed by atoms with Gasteiger partial charge in [0.05, 0.1) is 78.0 Å². The summed E-state index contributed by atoms with van der Waals surface area (Å²) < 4.78 is 128. The Labute approximate surface area is 778 Å². The zero-order chi connectivity index (χ0) is 90.5. The lowest BCUT2D eigenvalue weighted by molar-refractivity contribution is -0.137. The van der Waals surface area contributed by atoms with E-state index in [4.69, 9.17) is 89.2 Å². The van der Waals surface area contributed by atoms with E-state index < -0.39 is 24.5 Å². The minimum atomic E-state index is -4.44. The zero-order valence-corrected chi connectivity index (χ0v) is 75.2. The number of thiophene rings is 2. The largest absolute Gasteiger partial charge is 0.481 e. The molecular formula is C97H79Cl4F6N15O8S2. The molecule has 24 rings (SSSR count). The Bertz CT molecular complexity index is 7270. The molecule has 5 atom stereocenters. The molecule has 8 aliphatic rings. The first-order valence-corrected chi connectivity index (χ1v) is 46.3. The summed E-state index contributed by atoms with van der Waals surface area (Å²) in [4.78, 5) is 21.8. The first-order valence-electron chi connectivity index (χ1n) is 43.2. The Morgan fingerprint density at radius 2 is 0.886 bits per heavy atom. The third kappa shape index (κ3) is 17.0. The number of aromatic nitrogens is 8. The van der Waals surface area contributed by atoms with Crippen molar-refractivity contribution in [2.45, 2.75) is 140 Å². The zero-order valence-electron chi connectivity index (χ0n) is 70.6. The molecule has 23 nitrogen and oxygen atoms in total. The molecule has 16 aromatic rings. The van der Waals surface area contributed by atoms with Gasteiger partial charge in [-0.2, -0.15) is 31.6 Å². The first-order chi connectivity index (χ1) is 64.0. The molecule has 0 aliphatic carbocycles. The molecule has 0 amide bonds. The van der Waals surface area contributed by atoms with Gasteiger partial charge in [-0.25, -0.2) is 0 Å². The number of halogens is 10. The van der Waals surface area contributed by atoms with Gasteiger partial charge in [0.25, 0.3) is 0 Å². The van der Waals surface area contributed by atoms with Crippen LogP contribution in [0.25, 0.3) is 86.7 Å². The predicted molar refractivity (Wildman–Crippen MR) is 490 cm³/mol. The summed E-state index contributed by atoms with van der Waals surface area (Å²) in [6.45, 7) is 7.74. The smallest absolute Gasteiger partial charge is 0.416 e. The predicted octanol–water partition coefficient (Wildman–Crippen LogP) is 21.9. The second kappa shape index (κ2) is 35.7. The normalized spacial score (nSPS) is 17.8. The highest BCUT2D eigenvalue weighted by Crippen LogP contribution is 2.54. The number of nitrogens with one attached hydrogen (secondary N) is 4. The maximum absolute atomic E-state index is 13.2. The number of rotatable bonds is 13. The van der Waals surface area contributed by atoms with Gasteiger partial charge in [0.15, 0.2) is 47.5 Å². The standard InChI is InChI=1S/C25H19ClN4O2.C24H20ClF3N4O2S.C24H17ClF3N3O2.C24H23ClN4O2S/c1-30-7-5-21-20(13-30)25(32-29-21)23-10-15-9-16(26)11-19(24(15)31-23)17-4-6-28-22-8-14(12-27)2-3-18(17)22;25-13-5-12-6-20(22-17-10-29-3-2-18(17)32-34-22)33-21(12)16(7-13)15-1-4-31-19-8-14(35-23(15)19)9-30-11-24(26,27)28;25-14-7-12-8-21(23-18-11-29-5-4-19(18)31-33-23)32-22(12)17(10-14)15-3-6-30-20-9-13(24(26,27)28)1-2-16(15)20;1-2-17(26)21-10-19-24(32-21)14(3-6-28-19)15-9-13(25)7-12-8-20(30-22(12)15)23-16-11-27-5-4-18(16)29-31-23/h2-4,6,8-9,11,23H,5,7,10,13H2,1H3;1,4-5,7-8,20,29-30H,2-3,6,9-11H2;1-3,6-7,9-10,21,29H,4-5,8,11H2;3,6-7,9-10,17,20,27H,2,4-5,8,11,26H2,1H3. The fourth-order valence-corrected chi connectivity index (χ4v) is 22.0. The van der Waals surface area contributed by atoms with E-state index in [1.54, 1.807) is 48.0 Å². The highest BCUT2D eigenvalue weighted by atomic mass is 35.5. The molecule has 132 heavy (non-hydrogen) atoms. The summed E-state index contributed by atoms with van der Waals surface area (Å²) in [6, 6.07) is 38.1. The topological polar surface area (TPSA) is 294 Å². The van der Waals surface area contributed by atoms with Crippen molar-refractivity contribution in [3.63, 3.8) is 0 Å². The fraction of sp³-hybridized carbons (Fsp3) is 0.289. The lowest BCUT2D eigenvalue weighted by Crippen LogP contribution is -2.27. The van der Waals surface area contributed by atoms with Crippen molar-refractivity contribution in [3.8, 4) is 73.6 Å². The molecule has 6 N–H and O–H groups in total. The summed E-state index contributed by atoms with van der Waals surface area (Å²) in [5.74, 6) is 6.10. The van der Waals surface area contributed by atoms with Gasteiger partial charge in [-0.1, -0.05) is 86.1 Å². The van der Waals surface area contributed by atoms with Crippen LogP contribution in [0.4, 0.5) is 26.3 Å². The lowest BCUT2D eigenvalue weighted by atomic mass is 9.96. The Kier molecular flexibility index (Phi) is 23.6. The van der Waals surface area contributed by atoms with Gasteiger partial charge < -0.3 is 68.9 Å². The van der Waals surface area contributed by atoms with Crippen LogP contribution in [0.5, 0.6) is 23.0 Å². The van der Waals surface area contributed by atoms with Crippen LogP contribution in [-0.4, -0.2) is 91.4 Å². The summed E-state index contributed by atoms with van der Waals surface area (Å²) in [7, 11) is 2.11. The van der Waals surface area contributed by atoms with Crippen molar-refractivity contribution in [1.82, 2.24) is 66.7 Å². The number of benzene rings is 6. The Morgan fingerprint density at radius 1 is 0.485 bits per heavy atom. The van der Waals surface area contributed by atoms with Gasteiger partial charge in [0, 0.05) is 260 Å². The Balaban J connectivity index is 0.000000106. The van der Waals surface area contributed by atoms with Crippen LogP contribution >= 0.6 is 69.1 Å². The molecule has 0 bridgehead atoms. The SMILES string of the molecule is CCC(N)c1cc2nccc(-c3cc(Cl)cc4c3OC(c3onc5c3CNCC5)C4)c2s1.CN1CCc2noc(C3Cc4cc(Cl)cc(-c5ccnc6cc(C#N)ccc56)c4O3)c2C1.FC(F)(F)CNCc1cc2nccc(-c3cc(Cl)cc4c3OC(c3onc5c3CNCC5)C4)c2s1.FC(F)(F)c1ccc2c(-c3cc(Cl)cc4c3OC(c3onc5c3CNCC5)C4)ccnc2c1. The summed E-state index contributed by atoms with van der Waals surface area (Å²) in [6.07, 6.45) is 3.82. The summed E-state index contributed by atoms with van der Waals surface area (Å²) in [5.41, 5.74) is 28.2. The van der Waals surface area contributed by atoms with Crippen LogP contribution in [0.1, 0.15) is 155 Å². The molecule has 8 aliphatic heterocycles. The van der Waals surface area contributed by atoms with E-state index in [2.05, 4.69) is 92.8 Å². The van der Waals surface area contributed by atoms with Crippen molar-refractivity contribution < 1.29 is 63.4 Å². The van der Waals surface area contributed by atoms with Crippen molar-refractivity contribution in [2.75, 3.05) is 39.8 Å². The molecule has 0 saturated carbocycles. The average molecular weight is 1900 g/mol. The second-order valence-corrected chi connectivity index (χ2v) is 37.7. The molecule has 672 valence electrons. The number of nitriles is 1. The van der Waals surface area contributed by atoms with Crippen LogP contribution in [0.15, 0.2) is 164 Å². The molecular weight excluding hydrogens is 1820 g/mol. The molecule has 18 heterocycles. The number of alkyl halides is 6. The van der Waals surface area contributed by atoms with E-state index in [9.17, 15) is 31.6 Å². The van der Waals surface area contributed by atoms with E-state index >= 15 is 0 Å². The van der Waals surface area contributed by atoms with Crippen LogP contribution in [-0.2, 0) is 90.3 Å². The van der Waals surface area contributed by atoms with Crippen molar-refractivity contribution in [1.29, 1.82) is 5.26 Å². The minimum absolute atomic E-state index is 0.0130. The third-order valence-electron chi connectivity index (χ3n) is 25.1. The van der Waals surface area contributed by atoms with Gasteiger partial charge in [-0.3, -0.25) is 19.9 Å². The van der Waals surface area contributed by atoms with E-state index in [-0.39, 0.29) is 42.5 Å². The average Bonchev–Trinajstić information content (AvgIpc) is 1.57. The van der Waals surface area contributed by atoms with Crippen LogP contribution in [0, 0.1) is 11.3 Å². The minimum Gasteiger partial charge on any atom is -0.481 e. The fourth-order valence-electron chi connectivity index (χ4n) is 18.7. The van der Waals surface area contributed by atoms with Gasteiger partial charge in [0.2, 0.25) is 0 Å². The molecule has 0 fully saturated rings. The van der Waals surface area contributed by atoms with Gasteiger partial charge in [0.1, 0.15) is 23.0 Å². The molecule has 0 spiro atoms. The molecule has 35 heteroatoms. The van der Waals surface area contributed by atoms with E-state index in [0.717, 1.165) is 260 Å². The molecule has 0 radical (unpaired) electrons. The number of fused-ring (bicyclic) bond motifs is 12. The number of likely N-dealkylation sites (N-methyl/N-ethyl adjacent to an activating group) is 1. The maximum atomic E-state index is 13.2. The van der Waals surface area contributed by atoms with Crippen LogP contribution < -0.4 is 45.9 Å². The highest BCUT2D eigenvalue weighted by Gasteiger charge is 2.41. The van der Waals surface area contributed by atoms with Crippen LogP contribution in [0.3, 0.4) is 0 Å². The van der Waals surface area contributed by atoms with Crippen LogP contribution in [0.2, 0.25) is 20.1 Å². The van der Waals surface area contributed by atoms with Gasteiger partial charge in [-0.05, 0) is 134 Å². The number of hydrogen-bond donors (Lipinski definition) is 5. The van der Waals surface area contributed by atoms with E-state index in [0.29, 0.717) is 92.4 Å². The quantitative estimate of drug-likeness (QED) is 0.0670. The van der Waals surface area contributed by atoms with E-state index in [1.807, 2.05) is 79.0 Å². The first kappa shape index (κ1) is 87.1. The molecule has 5 unspecified atom stereocenters. The monoisotopic (exact) mass is 1900 g/mol. The Hall–Kier alpha value is -11.6. The van der Waals surface area contributed by atoms with E-state index in [1.165, 1.54) is 23.6 Å². The van der Waals surface area contributed by atoms with Crippen molar-refractivity contribution in [2.24, 2.45) is 5.73 Å². The third-order valence-corrected chi connectivity index (χ3v) is 28.4. The Morgan fingerprint density at radius 3 is 1.33 bits per heavy atom. The number of ether oxygens (including phenoxy) is 4. The number of hydrogen-bond acceptors (Lipinski definition) is 25. The number of nitrogens with zero attached hydrogens (tertiary/aromatic N) is 10. The summed E-state index contributed by atoms with van der Waals surface area (Å²) >= 11 is 29.1. The van der Waals surface area contributed by atoms with Gasteiger partial charge in [-0.15, -0.1) is 22.7 Å². The number of nitrogens with two attached hydrogens (primary N) is 1. The van der Waals surface area contributed by atoms with Crippen molar-refractivity contribution >= 4 is 111 Å². The molecule has 10 aromatic heterocycles. The van der Waals surface area contributed by atoms with Gasteiger partial charge >= 0.3 is 12.4 Å². The van der Waals surface area contributed by atoms with Crippen molar-refractivity contribution in [3.05, 3.63) is 277 Å². The molecule has 0 saturated heterocycles. The maximum Gasteiger partial charge on any atom is 0.416 e. The lowest BCUT2D eigenvalue weighted by Gasteiger charge is -2.22. The summed E-state index contributed by atoms with van der Waals surface area (Å²) in [5, 5.41) is 42.8. The second-order valence-electron chi connectivity index (χ2n) is 33.7. The highest BCUT2D eigenvalue weighted by molar-refractivity contribution is 7.20. The molecule has 6 aromatic carbocycles.